The number of ether oxygens (including phenoxy) is 2. The number of fused-ring (bicyclic) bond motifs is 2. The number of carbonyl (C=O) groups excluding carboxylic acids is 4. The monoisotopic (exact) mass is 758 g/mol. The number of benzene rings is 3. The predicted molar refractivity (Wildman–Crippen MR) is 217 cm³/mol. The first-order valence-corrected chi connectivity index (χ1v) is 18.7. The first kappa shape index (κ1) is 37.6. The van der Waals surface area contributed by atoms with Crippen LogP contribution in [-0.2, 0) is 18.9 Å². The molecular formula is C42H46N8O6. The van der Waals surface area contributed by atoms with Gasteiger partial charge in [0.05, 0.1) is 30.7 Å². The number of piperidine rings is 1. The summed E-state index contributed by atoms with van der Waals surface area (Å²) in [4.78, 5) is 54.2. The van der Waals surface area contributed by atoms with E-state index in [0.717, 1.165) is 42.6 Å². The minimum Gasteiger partial charge on any atom is -0.493 e. The molecule has 0 bridgehead atoms. The van der Waals surface area contributed by atoms with Gasteiger partial charge in [-0.2, -0.15) is 0 Å². The lowest BCUT2D eigenvalue weighted by molar-refractivity contribution is -0.116. The fraction of sp³-hybridized carbons (Fsp3) is 0.286. The molecule has 5 aromatic rings. The standard InChI is InChI=1S/C42H46N8O6/c1-48-24-27(19-35(48)40(52)47-30-15-11-28(43)12-16-30)26-9-13-29(14-10-26)46-41(53)36-20-31(25-49(36)2)45-39(51)8-6-18-56-38-22-34-33(21-37(38)55-3)42(54)50-17-5-4-7-32(50)23-44-34/h9-16,19-22,24-25,32,44H,4-8,17-18,23,43H2,1-3H3,(H,45,51)(H,46,53)(H,47,52). The third-order valence-electron chi connectivity index (χ3n) is 10.2. The van der Waals surface area contributed by atoms with Crippen LogP contribution in [0.2, 0.25) is 0 Å². The number of nitrogen functional groups attached to an aromatic ring is 1. The average Bonchev–Trinajstić information content (AvgIpc) is 3.74. The third kappa shape index (κ3) is 8.33. The lowest BCUT2D eigenvalue weighted by atomic mass is 10.0. The second-order valence-electron chi connectivity index (χ2n) is 14.1. The molecule has 4 amide bonds. The van der Waals surface area contributed by atoms with Gasteiger partial charge in [0.15, 0.2) is 11.5 Å². The maximum Gasteiger partial charge on any atom is 0.272 e. The first-order valence-electron chi connectivity index (χ1n) is 18.7. The van der Waals surface area contributed by atoms with Crippen molar-refractivity contribution in [1.29, 1.82) is 0 Å². The van der Waals surface area contributed by atoms with Crippen LogP contribution in [-0.4, -0.2) is 70.5 Å². The van der Waals surface area contributed by atoms with Crippen molar-refractivity contribution in [2.24, 2.45) is 14.1 Å². The lowest BCUT2D eigenvalue weighted by Gasteiger charge is -2.34. The van der Waals surface area contributed by atoms with Crippen LogP contribution in [0.3, 0.4) is 0 Å². The molecule has 0 saturated carbocycles. The fourth-order valence-electron chi connectivity index (χ4n) is 7.17. The number of aromatic nitrogens is 2. The van der Waals surface area contributed by atoms with Crippen molar-refractivity contribution in [3.05, 3.63) is 102 Å². The van der Waals surface area contributed by atoms with Crippen LogP contribution in [0.15, 0.2) is 85.2 Å². The van der Waals surface area contributed by atoms with E-state index in [9.17, 15) is 19.2 Å². The second-order valence-corrected chi connectivity index (χ2v) is 14.1. The smallest absolute Gasteiger partial charge is 0.272 e. The number of anilines is 5. The van der Waals surface area contributed by atoms with E-state index in [4.69, 9.17) is 15.2 Å². The molecule has 2 aliphatic heterocycles. The van der Waals surface area contributed by atoms with E-state index in [1.54, 1.807) is 84.1 Å². The van der Waals surface area contributed by atoms with Gasteiger partial charge in [-0.1, -0.05) is 12.1 Å². The molecule has 1 saturated heterocycles. The van der Waals surface area contributed by atoms with E-state index in [-0.39, 0.29) is 42.7 Å². The van der Waals surface area contributed by atoms with Gasteiger partial charge in [0, 0.05) is 80.7 Å². The number of amides is 4. The average molecular weight is 759 g/mol. The minimum absolute atomic E-state index is 0.00517. The topological polar surface area (TPSA) is 174 Å². The highest BCUT2D eigenvalue weighted by molar-refractivity contribution is 6.05. The number of carbonyl (C=O) groups is 4. The van der Waals surface area contributed by atoms with Crippen LogP contribution in [0.1, 0.15) is 63.4 Å². The van der Waals surface area contributed by atoms with Gasteiger partial charge in [0.1, 0.15) is 11.4 Å². The zero-order chi connectivity index (χ0) is 39.3. The number of aryl methyl sites for hydroxylation is 2. The van der Waals surface area contributed by atoms with Gasteiger partial charge in [0.2, 0.25) is 5.91 Å². The molecule has 1 fully saturated rings. The van der Waals surface area contributed by atoms with E-state index in [2.05, 4.69) is 21.3 Å². The van der Waals surface area contributed by atoms with E-state index in [1.807, 2.05) is 36.3 Å². The number of rotatable bonds is 12. The Labute approximate surface area is 324 Å². The van der Waals surface area contributed by atoms with Crippen LogP contribution >= 0.6 is 0 Å². The molecule has 6 N–H and O–H groups in total. The zero-order valence-electron chi connectivity index (χ0n) is 31.7. The third-order valence-corrected chi connectivity index (χ3v) is 10.2. The van der Waals surface area contributed by atoms with Crippen molar-refractivity contribution in [3.8, 4) is 22.6 Å². The van der Waals surface area contributed by atoms with Gasteiger partial charge in [-0.05, 0) is 85.8 Å². The Morgan fingerprint density at radius 1 is 0.804 bits per heavy atom. The molecule has 290 valence electrons. The van der Waals surface area contributed by atoms with Gasteiger partial charge in [-0.25, -0.2) is 0 Å². The highest BCUT2D eigenvalue weighted by Crippen LogP contribution is 2.37. The molecule has 0 spiro atoms. The molecule has 4 heterocycles. The Morgan fingerprint density at radius 2 is 1.48 bits per heavy atom. The van der Waals surface area contributed by atoms with E-state index < -0.39 is 0 Å². The van der Waals surface area contributed by atoms with Gasteiger partial charge >= 0.3 is 0 Å². The summed E-state index contributed by atoms with van der Waals surface area (Å²) in [5, 5.41) is 12.1. The second kappa shape index (κ2) is 16.3. The van der Waals surface area contributed by atoms with Crippen molar-refractivity contribution in [2.75, 3.05) is 53.8 Å². The van der Waals surface area contributed by atoms with E-state index >= 15 is 0 Å². The van der Waals surface area contributed by atoms with Crippen LogP contribution in [0.25, 0.3) is 11.1 Å². The Balaban J connectivity index is 0.894. The van der Waals surface area contributed by atoms with Crippen molar-refractivity contribution >= 4 is 52.1 Å². The highest BCUT2D eigenvalue weighted by Gasteiger charge is 2.32. The summed E-state index contributed by atoms with van der Waals surface area (Å²) >= 11 is 0. The van der Waals surface area contributed by atoms with Crippen LogP contribution in [0.4, 0.5) is 28.4 Å². The molecule has 3 aromatic carbocycles. The molecule has 14 nitrogen and oxygen atoms in total. The molecule has 0 radical (unpaired) electrons. The Hall–Kier alpha value is -6.70. The molecule has 1 atom stereocenters. The highest BCUT2D eigenvalue weighted by atomic mass is 16.5. The minimum atomic E-state index is -0.336. The Morgan fingerprint density at radius 3 is 2.20 bits per heavy atom. The van der Waals surface area contributed by atoms with Gasteiger partial charge in [-0.3, -0.25) is 19.2 Å². The molecule has 1 unspecified atom stereocenters. The largest absolute Gasteiger partial charge is 0.493 e. The normalized spacial score (nSPS) is 14.8. The molecule has 2 aliphatic rings. The summed E-state index contributed by atoms with van der Waals surface area (Å²) in [6, 6.07) is 21.4. The summed E-state index contributed by atoms with van der Waals surface area (Å²) in [6.07, 6.45) is 7.29. The number of hydrogen-bond acceptors (Lipinski definition) is 8. The molecule has 7 rings (SSSR count). The quantitative estimate of drug-likeness (QED) is 0.0724. The zero-order valence-corrected chi connectivity index (χ0v) is 31.7. The van der Waals surface area contributed by atoms with Crippen LogP contribution in [0.5, 0.6) is 11.5 Å². The summed E-state index contributed by atoms with van der Waals surface area (Å²) in [5.41, 5.74) is 12.0. The summed E-state index contributed by atoms with van der Waals surface area (Å²) in [7, 11) is 5.09. The summed E-state index contributed by atoms with van der Waals surface area (Å²) in [6.45, 7) is 1.71. The van der Waals surface area contributed by atoms with Crippen molar-refractivity contribution in [3.63, 3.8) is 0 Å². The summed E-state index contributed by atoms with van der Waals surface area (Å²) < 4.78 is 15.0. The molecule has 56 heavy (non-hydrogen) atoms. The predicted octanol–water partition coefficient (Wildman–Crippen LogP) is 6.34. The lowest BCUT2D eigenvalue weighted by Crippen LogP contribution is -2.45. The van der Waals surface area contributed by atoms with Crippen molar-refractivity contribution < 1.29 is 28.7 Å². The maximum absolute atomic E-state index is 13.3. The maximum atomic E-state index is 13.3. The van der Waals surface area contributed by atoms with Gasteiger partial charge < -0.3 is 50.5 Å². The summed E-state index contributed by atoms with van der Waals surface area (Å²) in [5.74, 6) is 0.178. The number of nitrogens with zero attached hydrogens (tertiary/aromatic N) is 3. The van der Waals surface area contributed by atoms with Crippen LogP contribution in [0, 0.1) is 0 Å². The number of nitrogens with two attached hydrogens (primary N) is 1. The number of hydrogen-bond donors (Lipinski definition) is 5. The fourth-order valence-corrected chi connectivity index (χ4v) is 7.17. The number of methoxy groups -OCH3 is 1. The van der Waals surface area contributed by atoms with Crippen LogP contribution < -0.4 is 36.5 Å². The van der Waals surface area contributed by atoms with Crippen molar-refractivity contribution in [2.45, 2.75) is 38.1 Å². The Bertz CT molecular complexity index is 2260. The molecule has 2 aromatic heterocycles. The molecular weight excluding hydrogens is 713 g/mol. The Kier molecular flexibility index (Phi) is 11.0. The van der Waals surface area contributed by atoms with E-state index in [1.165, 1.54) is 0 Å². The molecule has 14 heteroatoms. The van der Waals surface area contributed by atoms with Crippen molar-refractivity contribution in [1.82, 2.24) is 14.0 Å². The molecule has 0 aliphatic carbocycles. The van der Waals surface area contributed by atoms with Gasteiger partial charge in [0.25, 0.3) is 17.7 Å². The van der Waals surface area contributed by atoms with E-state index in [0.29, 0.717) is 64.2 Å². The SMILES string of the molecule is COc1cc2c(cc1OCCCC(=O)Nc1cc(C(=O)Nc3ccc(-c4cc(C(=O)Nc5ccc(N)cc5)n(C)c4)cc3)n(C)c1)NCC1CCCCN1C2=O. The first-order chi connectivity index (χ1) is 27.1. The number of nitrogens with one attached hydrogen (secondary N) is 4. The van der Waals surface area contributed by atoms with Gasteiger partial charge in [-0.15, -0.1) is 0 Å².